The molecule has 0 aromatic heterocycles. The van der Waals surface area contributed by atoms with Crippen LogP contribution < -0.4 is 5.32 Å². The lowest BCUT2D eigenvalue weighted by Crippen LogP contribution is -2.55. The van der Waals surface area contributed by atoms with Crippen LogP contribution in [0.1, 0.15) is 51.5 Å². The quantitative estimate of drug-likeness (QED) is 0.559. The number of nitrogens with one attached hydrogen (secondary N) is 1. The zero-order valence-corrected chi connectivity index (χ0v) is 19.1. The first-order valence-corrected chi connectivity index (χ1v) is 11.5. The lowest BCUT2D eigenvalue weighted by Gasteiger charge is -2.33. The second-order valence-electron chi connectivity index (χ2n) is 8.06. The maximum atomic E-state index is 13.3. The molecule has 1 aromatic rings. The van der Waals surface area contributed by atoms with E-state index in [1.807, 2.05) is 30.3 Å². The first-order valence-electron chi connectivity index (χ1n) is 11.5. The van der Waals surface area contributed by atoms with Crippen molar-refractivity contribution in [2.24, 2.45) is 0 Å². The van der Waals surface area contributed by atoms with Crippen LogP contribution in [0.25, 0.3) is 0 Å². The molecule has 1 unspecified atom stereocenters. The Morgan fingerprint density at radius 3 is 2.62 bits per heavy atom. The van der Waals surface area contributed by atoms with Crippen LogP contribution >= 0.6 is 0 Å². The van der Waals surface area contributed by atoms with E-state index < -0.39 is 30.1 Å². The third-order valence-corrected chi connectivity index (χ3v) is 5.62. The molecule has 1 amide bonds. The molecule has 1 aromatic carbocycles. The molecule has 3 atom stereocenters. The minimum Gasteiger partial charge on any atom is -0.480 e. The highest BCUT2D eigenvalue weighted by Crippen LogP contribution is 2.14. The fraction of sp³-hybridized carbons (Fsp3) is 0.625. The second kappa shape index (κ2) is 13.9. The van der Waals surface area contributed by atoms with Crippen LogP contribution in [0, 0.1) is 0 Å². The number of hydrogen-bond donors (Lipinski definition) is 2. The predicted octanol–water partition coefficient (Wildman–Crippen LogP) is 2.40. The molecule has 2 N–H and O–H groups in total. The Balaban J connectivity index is 2.09. The van der Waals surface area contributed by atoms with E-state index in [9.17, 15) is 19.5 Å². The first-order chi connectivity index (χ1) is 15.4. The summed E-state index contributed by atoms with van der Waals surface area (Å²) in [7, 11) is 0. The van der Waals surface area contributed by atoms with Crippen molar-refractivity contribution in [1.29, 1.82) is 0 Å². The molecule has 178 valence electrons. The van der Waals surface area contributed by atoms with Crippen LogP contribution in [0.5, 0.6) is 0 Å². The molecule has 8 heteroatoms. The number of benzene rings is 1. The van der Waals surface area contributed by atoms with E-state index in [1.54, 1.807) is 13.8 Å². The lowest BCUT2D eigenvalue weighted by molar-refractivity contribution is -0.153. The number of carbonyl (C=O) groups excluding carboxylic acids is 2. The minimum absolute atomic E-state index is 0.239. The third-order valence-electron chi connectivity index (χ3n) is 5.62. The summed E-state index contributed by atoms with van der Waals surface area (Å²) >= 11 is 0. The van der Waals surface area contributed by atoms with Gasteiger partial charge < -0.3 is 19.5 Å². The van der Waals surface area contributed by atoms with E-state index in [2.05, 4.69) is 5.32 Å². The van der Waals surface area contributed by atoms with E-state index in [0.717, 1.165) is 18.4 Å². The molecule has 1 aliphatic rings. The van der Waals surface area contributed by atoms with Gasteiger partial charge in [0, 0.05) is 26.2 Å². The molecule has 0 saturated carbocycles. The third kappa shape index (κ3) is 8.24. The summed E-state index contributed by atoms with van der Waals surface area (Å²) in [4.78, 5) is 39.1. The Kier molecular flexibility index (Phi) is 11.2. The predicted molar refractivity (Wildman–Crippen MR) is 120 cm³/mol. The molecule has 2 rings (SSSR count). The van der Waals surface area contributed by atoms with E-state index in [1.165, 1.54) is 4.90 Å². The summed E-state index contributed by atoms with van der Waals surface area (Å²) < 4.78 is 10.7. The van der Waals surface area contributed by atoms with E-state index in [0.29, 0.717) is 39.0 Å². The van der Waals surface area contributed by atoms with Crippen LogP contribution in [0.15, 0.2) is 30.3 Å². The van der Waals surface area contributed by atoms with Crippen LogP contribution in [0.4, 0.5) is 0 Å². The van der Waals surface area contributed by atoms with E-state index in [-0.39, 0.29) is 18.9 Å². The van der Waals surface area contributed by atoms with Gasteiger partial charge in [-0.1, -0.05) is 30.3 Å². The van der Waals surface area contributed by atoms with Crippen LogP contribution in [-0.4, -0.2) is 72.3 Å². The summed E-state index contributed by atoms with van der Waals surface area (Å²) in [6.07, 6.45) is 3.82. The van der Waals surface area contributed by atoms with Gasteiger partial charge in [-0.15, -0.1) is 0 Å². The first kappa shape index (κ1) is 25.8. The average Bonchev–Trinajstić information content (AvgIpc) is 2.79. The molecular formula is C24H36N2O6. The number of aryl methyl sites for hydroxylation is 1. The minimum atomic E-state index is -1.04. The maximum absolute atomic E-state index is 13.3. The van der Waals surface area contributed by atoms with Gasteiger partial charge in [0.1, 0.15) is 12.1 Å². The highest BCUT2D eigenvalue weighted by molar-refractivity contribution is 5.87. The maximum Gasteiger partial charge on any atom is 0.326 e. The van der Waals surface area contributed by atoms with Gasteiger partial charge in [-0.25, -0.2) is 4.79 Å². The monoisotopic (exact) mass is 448 g/mol. The Morgan fingerprint density at radius 2 is 1.94 bits per heavy atom. The van der Waals surface area contributed by atoms with Crippen molar-refractivity contribution in [3.63, 3.8) is 0 Å². The van der Waals surface area contributed by atoms with Gasteiger partial charge in [-0.2, -0.15) is 0 Å². The van der Waals surface area contributed by atoms with Crippen molar-refractivity contribution >= 4 is 17.8 Å². The largest absolute Gasteiger partial charge is 0.480 e. The number of carboxylic acid groups (broad SMARTS) is 1. The van der Waals surface area contributed by atoms with Crippen molar-refractivity contribution < 1.29 is 29.0 Å². The Labute approximate surface area is 190 Å². The fourth-order valence-corrected chi connectivity index (χ4v) is 3.88. The molecule has 32 heavy (non-hydrogen) atoms. The number of ether oxygens (including phenoxy) is 2. The van der Waals surface area contributed by atoms with Gasteiger partial charge in [0.2, 0.25) is 5.91 Å². The molecule has 0 aliphatic carbocycles. The molecule has 8 nitrogen and oxygen atoms in total. The van der Waals surface area contributed by atoms with Crippen molar-refractivity contribution in [1.82, 2.24) is 10.2 Å². The van der Waals surface area contributed by atoms with Gasteiger partial charge in [0.25, 0.3) is 0 Å². The number of hydrogen-bond acceptors (Lipinski definition) is 6. The molecule has 1 saturated heterocycles. The Hall–Kier alpha value is -2.45. The van der Waals surface area contributed by atoms with Crippen LogP contribution in [-0.2, 0) is 30.3 Å². The van der Waals surface area contributed by atoms with E-state index >= 15 is 0 Å². The van der Waals surface area contributed by atoms with Gasteiger partial charge in [0.05, 0.1) is 12.6 Å². The normalized spacial score (nSPS) is 19.6. The smallest absolute Gasteiger partial charge is 0.326 e. The van der Waals surface area contributed by atoms with Gasteiger partial charge in [-0.05, 0) is 51.5 Å². The SMILES string of the molecule is CCOC(=O)[C@H](CCc1ccccc1)NC(C)C(=O)N1CCCCCOCC[C@H]1C(=O)O. The van der Waals surface area contributed by atoms with E-state index in [4.69, 9.17) is 9.47 Å². The topological polar surface area (TPSA) is 105 Å². The number of carbonyl (C=O) groups is 3. The van der Waals surface area contributed by atoms with Crippen molar-refractivity contribution in [3.8, 4) is 0 Å². The van der Waals surface area contributed by atoms with Gasteiger partial charge in [-0.3, -0.25) is 14.9 Å². The Bertz CT molecular complexity index is 726. The molecular weight excluding hydrogens is 412 g/mol. The van der Waals surface area contributed by atoms with Gasteiger partial charge >= 0.3 is 11.9 Å². The number of amides is 1. The summed E-state index contributed by atoms with van der Waals surface area (Å²) in [6, 6.07) is 7.45. The number of nitrogens with zero attached hydrogens (tertiary/aromatic N) is 1. The molecule has 1 aliphatic heterocycles. The zero-order chi connectivity index (χ0) is 23.3. The number of esters is 1. The number of rotatable bonds is 9. The highest BCUT2D eigenvalue weighted by Gasteiger charge is 2.33. The number of aliphatic carboxylic acids is 1. The van der Waals surface area contributed by atoms with Crippen molar-refractivity contribution in [3.05, 3.63) is 35.9 Å². The van der Waals surface area contributed by atoms with Crippen molar-refractivity contribution in [2.75, 3.05) is 26.4 Å². The van der Waals surface area contributed by atoms with Crippen LogP contribution in [0.3, 0.4) is 0 Å². The average molecular weight is 449 g/mol. The summed E-state index contributed by atoms with van der Waals surface area (Å²) in [5.74, 6) is -1.78. The highest BCUT2D eigenvalue weighted by atomic mass is 16.5. The molecule has 0 spiro atoms. The fourth-order valence-electron chi connectivity index (χ4n) is 3.88. The van der Waals surface area contributed by atoms with Crippen molar-refractivity contribution in [2.45, 2.75) is 70.5 Å². The summed E-state index contributed by atoms with van der Waals surface area (Å²) in [6.45, 7) is 4.94. The second-order valence-corrected chi connectivity index (χ2v) is 8.06. The molecule has 1 fully saturated rings. The van der Waals surface area contributed by atoms with Crippen LogP contribution in [0.2, 0.25) is 0 Å². The van der Waals surface area contributed by atoms with Gasteiger partial charge in [0.15, 0.2) is 0 Å². The summed E-state index contributed by atoms with van der Waals surface area (Å²) in [5.41, 5.74) is 1.09. The summed E-state index contributed by atoms with van der Waals surface area (Å²) in [5, 5.41) is 12.8. The number of carboxylic acids is 1. The zero-order valence-electron chi connectivity index (χ0n) is 19.1. The molecule has 0 radical (unpaired) electrons. The standard InChI is InChI=1S/C24H36N2O6/c1-3-32-24(30)20(13-12-19-10-6-4-7-11-19)25-18(2)22(27)26-15-8-5-9-16-31-17-14-21(26)23(28)29/h4,6-7,10-11,18,20-21,25H,3,5,8-9,12-17H2,1-2H3,(H,28,29)/t18?,20-,21-/m0/s1. The molecule has 0 bridgehead atoms. The Morgan fingerprint density at radius 1 is 1.19 bits per heavy atom. The lowest BCUT2D eigenvalue weighted by atomic mass is 10.0. The molecule has 1 heterocycles.